The second-order valence-electron chi connectivity index (χ2n) is 7.70. The number of amides is 1. The molecule has 5 rings (SSSR count). The summed E-state index contributed by atoms with van der Waals surface area (Å²) < 4.78 is 0. The largest absolute Gasteiger partial charge is 0.336 e. The van der Waals surface area contributed by atoms with E-state index in [-0.39, 0.29) is 5.91 Å². The summed E-state index contributed by atoms with van der Waals surface area (Å²) in [7, 11) is 0. The summed E-state index contributed by atoms with van der Waals surface area (Å²) in [4.78, 5) is 21.9. The van der Waals surface area contributed by atoms with E-state index in [1.807, 2.05) is 4.90 Å². The van der Waals surface area contributed by atoms with Crippen molar-refractivity contribution in [2.75, 3.05) is 26.2 Å². The van der Waals surface area contributed by atoms with Crippen molar-refractivity contribution >= 4 is 28.5 Å². The van der Waals surface area contributed by atoms with E-state index in [0.29, 0.717) is 33.6 Å². The maximum Gasteiger partial charge on any atom is 0.257 e. The molecule has 2 atom stereocenters. The van der Waals surface area contributed by atoms with Crippen molar-refractivity contribution in [3.63, 3.8) is 0 Å². The molecule has 1 amide bonds. The lowest BCUT2D eigenvalue weighted by Crippen LogP contribution is -2.57. The number of piperazine rings is 1. The van der Waals surface area contributed by atoms with Crippen LogP contribution in [0.4, 0.5) is 0 Å². The first-order valence-electron chi connectivity index (χ1n) is 9.76. The van der Waals surface area contributed by atoms with Crippen molar-refractivity contribution in [2.45, 2.75) is 24.8 Å². The van der Waals surface area contributed by atoms with E-state index in [0.717, 1.165) is 39.0 Å². The fourth-order valence-electron chi connectivity index (χ4n) is 4.55. The maximum atomic E-state index is 13.1. The van der Waals surface area contributed by atoms with Crippen LogP contribution in [0.5, 0.6) is 0 Å². The van der Waals surface area contributed by atoms with Crippen LogP contribution in [0, 0.1) is 0 Å². The van der Waals surface area contributed by atoms with Gasteiger partial charge in [0.25, 0.3) is 5.91 Å². The van der Waals surface area contributed by atoms with Crippen LogP contribution in [0.25, 0.3) is 11.0 Å². The fourth-order valence-corrected chi connectivity index (χ4v) is 4.81. The Hall–Kier alpha value is -2.44. The van der Waals surface area contributed by atoms with Gasteiger partial charge in [0, 0.05) is 38.4 Å². The second-order valence-corrected chi connectivity index (χ2v) is 8.08. The zero-order chi connectivity index (χ0) is 19.1. The molecule has 2 aliphatic heterocycles. The first kappa shape index (κ1) is 17.6. The van der Waals surface area contributed by atoms with Crippen LogP contribution >= 0.6 is 11.6 Å². The van der Waals surface area contributed by atoms with Crippen LogP contribution in [-0.4, -0.2) is 63.1 Å². The highest BCUT2D eigenvalue weighted by molar-refractivity contribution is 6.38. The monoisotopic (exact) mass is 395 g/mol. The third-order valence-electron chi connectivity index (χ3n) is 6.11. The van der Waals surface area contributed by atoms with Crippen molar-refractivity contribution < 1.29 is 4.79 Å². The number of fused-ring (bicyclic) bond motifs is 2. The predicted molar refractivity (Wildman–Crippen MR) is 109 cm³/mol. The summed E-state index contributed by atoms with van der Waals surface area (Å²) in [5.74, 6) is 0.548. The van der Waals surface area contributed by atoms with Gasteiger partial charge >= 0.3 is 0 Å². The molecule has 2 aliphatic rings. The third-order valence-corrected chi connectivity index (χ3v) is 6.52. The molecule has 0 saturated carbocycles. The maximum absolute atomic E-state index is 13.1. The van der Waals surface area contributed by atoms with E-state index in [1.165, 1.54) is 5.56 Å². The molecule has 0 aliphatic carbocycles. The Morgan fingerprint density at radius 2 is 1.96 bits per heavy atom. The van der Waals surface area contributed by atoms with E-state index in [9.17, 15) is 4.79 Å². The number of hydrogen-bond donors (Lipinski definition) is 1. The van der Waals surface area contributed by atoms with Gasteiger partial charge in [-0.15, -0.1) is 0 Å². The topological polar surface area (TPSA) is 65.1 Å². The molecule has 0 bridgehead atoms. The number of aromatic amines is 1. The van der Waals surface area contributed by atoms with E-state index < -0.39 is 0 Å². The molecule has 0 radical (unpaired) electrons. The molecule has 3 aromatic rings. The zero-order valence-electron chi connectivity index (χ0n) is 15.5. The molecule has 2 aromatic heterocycles. The first-order valence-corrected chi connectivity index (χ1v) is 10.1. The van der Waals surface area contributed by atoms with Gasteiger partial charge in [-0.1, -0.05) is 41.9 Å². The van der Waals surface area contributed by atoms with Gasteiger partial charge in [-0.2, -0.15) is 5.10 Å². The Kier molecular flexibility index (Phi) is 4.53. The molecular weight excluding hydrogens is 374 g/mol. The summed E-state index contributed by atoms with van der Waals surface area (Å²) >= 11 is 6.46. The van der Waals surface area contributed by atoms with Crippen molar-refractivity contribution in [3.8, 4) is 0 Å². The Morgan fingerprint density at radius 3 is 2.82 bits per heavy atom. The lowest BCUT2D eigenvalue weighted by molar-refractivity contribution is 0.0329. The third kappa shape index (κ3) is 3.06. The van der Waals surface area contributed by atoms with E-state index >= 15 is 0 Å². The van der Waals surface area contributed by atoms with E-state index in [2.05, 4.69) is 50.4 Å². The fraction of sp³-hybridized carbons (Fsp3) is 0.381. The van der Waals surface area contributed by atoms with Crippen molar-refractivity contribution in [2.24, 2.45) is 0 Å². The Balaban J connectivity index is 1.30. The van der Waals surface area contributed by atoms with Gasteiger partial charge in [0.2, 0.25) is 0 Å². The standard InChI is InChI=1S/C21H22ClN5O/c22-19-17-11-24-25-20(17)23-10-18(19)21(28)27-9-8-26-12-15(6-7-16(26)13-27)14-4-2-1-3-5-14/h1-5,10-11,15-16H,6-9,12-13H2,(H,23,24,25)/t15-,16+/m0/s1. The molecule has 2 saturated heterocycles. The average Bonchev–Trinajstić information content (AvgIpc) is 3.23. The second kappa shape index (κ2) is 7.18. The number of carbonyl (C=O) groups excluding carboxylic acids is 1. The number of H-pyrrole nitrogens is 1. The van der Waals surface area contributed by atoms with Crippen molar-refractivity contribution in [3.05, 3.63) is 58.9 Å². The van der Waals surface area contributed by atoms with Crippen molar-refractivity contribution in [1.29, 1.82) is 0 Å². The smallest absolute Gasteiger partial charge is 0.257 e. The van der Waals surface area contributed by atoms with Gasteiger partial charge in [-0.3, -0.25) is 14.8 Å². The van der Waals surface area contributed by atoms with Crippen LogP contribution in [0.15, 0.2) is 42.7 Å². The Labute approximate surface area is 168 Å². The molecule has 144 valence electrons. The summed E-state index contributed by atoms with van der Waals surface area (Å²) in [6, 6.07) is 11.2. The molecule has 7 heteroatoms. The highest BCUT2D eigenvalue weighted by Crippen LogP contribution is 2.32. The van der Waals surface area contributed by atoms with Crippen molar-refractivity contribution in [1.82, 2.24) is 25.0 Å². The Morgan fingerprint density at radius 1 is 1.11 bits per heavy atom. The molecule has 0 unspecified atom stereocenters. The van der Waals surface area contributed by atoms with Gasteiger partial charge in [0.05, 0.1) is 22.2 Å². The number of hydrogen-bond acceptors (Lipinski definition) is 4. The summed E-state index contributed by atoms with van der Waals surface area (Å²) in [5, 5.41) is 7.86. The van der Waals surface area contributed by atoms with Gasteiger partial charge < -0.3 is 4.90 Å². The molecule has 6 nitrogen and oxygen atoms in total. The SMILES string of the molecule is O=C(c1cnc2[nH]ncc2c1Cl)N1CCN2C[C@@H](c3ccccc3)CC[C@@H]2C1. The molecule has 4 heterocycles. The summed E-state index contributed by atoms with van der Waals surface area (Å²) in [5.41, 5.74) is 2.48. The molecule has 0 spiro atoms. The number of carbonyl (C=O) groups is 1. The molecule has 1 N–H and O–H groups in total. The molecule has 28 heavy (non-hydrogen) atoms. The number of halogens is 1. The minimum Gasteiger partial charge on any atom is -0.336 e. The predicted octanol–water partition coefficient (Wildman–Crippen LogP) is 3.32. The molecule has 1 aromatic carbocycles. The zero-order valence-corrected chi connectivity index (χ0v) is 16.3. The highest BCUT2D eigenvalue weighted by Gasteiger charge is 2.35. The molecule has 2 fully saturated rings. The number of benzene rings is 1. The van der Waals surface area contributed by atoms with Crippen LogP contribution < -0.4 is 0 Å². The normalized spacial score (nSPS) is 23.0. The number of rotatable bonds is 2. The molecular formula is C21H22ClN5O. The number of pyridine rings is 1. The minimum absolute atomic E-state index is 0.0366. The quantitative estimate of drug-likeness (QED) is 0.723. The van der Waals surface area contributed by atoms with Gasteiger partial charge in [0.1, 0.15) is 0 Å². The number of nitrogens with one attached hydrogen (secondary N) is 1. The van der Waals surface area contributed by atoms with Crippen LogP contribution in [0.3, 0.4) is 0 Å². The van der Waals surface area contributed by atoms with E-state index in [1.54, 1.807) is 12.4 Å². The lowest BCUT2D eigenvalue weighted by atomic mass is 9.86. The number of nitrogens with zero attached hydrogens (tertiary/aromatic N) is 4. The number of piperidine rings is 1. The van der Waals surface area contributed by atoms with Gasteiger partial charge in [0.15, 0.2) is 5.65 Å². The average molecular weight is 396 g/mol. The van der Waals surface area contributed by atoms with Crippen LogP contribution in [0.1, 0.15) is 34.7 Å². The Bertz CT molecular complexity index is 1000. The van der Waals surface area contributed by atoms with Crippen LogP contribution in [0.2, 0.25) is 5.02 Å². The minimum atomic E-state index is -0.0366. The van der Waals surface area contributed by atoms with Gasteiger partial charge in [-0.05, 0) is 24.3 Å². The summed E-state index contributed by atoms with van der Waals surface area (Å²) in [6.07, 6.45) is 5.45. The highest BCUT2D eigenvalue weighted by atomic mass is 35.5. The summed E-state index contributed by atoms with van der Waals surface area (Å²) in [6.45, 7) is 3.44. The lowest BCUT2D eigenvalue weighted by Gasteiger charge is -2.46. The van der Waals surface area contributed by atoms with Crippen LogP contribution in [-0.2, 0) is 0 Å². The van der Waals surface area contributed by atoms with E-state index in [4.69, 9.17) is 11.6 Å². The van der Waals surface area contributed by atoms with Gasteiger partial charge in [-0.25, -0.2) is 4.98 Å². The number of aromatic nitrogens is 3. The first-order chi connectivity index (χ1) is 13.7.